The number of carbonyl (C=O) groups is 1. The van der Waals surface area contributed by atoms with Crippen molar-refractivity contribution in [1.82, 2.24) is 10.3 Å². The molecule has 1 aromatic heterocycles. The number of pyridine rings is 1. The normalized spacial score (nSPS) is 10.6. The van der Waals surface area contributed by atoms with Crippen molar-refractivity contribution < 1.29 is 4.79 Å². The third kappa shape index (κ3) is 4.56. The van der Waals surface area contributed by atoms with E-state index in [4.69, 9.17) is 11.6 Å². The molecule has 2 rings (SSSR count). The third-order valence-electron chi connectivity index (χ3n) is 2.49. The molecule has 4 heteroatoms. The van der Waals surface area contributed by atoms with Gasteiger partial charge in [-0.05, 0) is 35.4 Å². The number of carbonyl (C=O) groups excluding carboxylic acids is 1. The number of halogens is 1. The molecule has 0 saturated carbocycles. The lowest BCUT2D eigenvalue weighted by Crippen LogP contribution is -2.20. The molecule has 1 amide bonds. The number of nitrogens with zero attached hydrogens (tertiary/aromatic N) is 1. The Bertz CT molecular complexity index is 564. The van der Waals surface area contributed by atoms with Crippen molar-refractivity contribution in [1.29, 1.82) is 0 Å². The van der Waals surface area contributed by atoms with Crippen LogP contribution in [0.25, 0.3) is 6.08 Å². The lowest BCUT2D eigenvalue weighted by molar-refractivity contribution is -0.116. The minimum atomic E-state index is -0.140. The molecule has 0 atom stereocenters. The van der Waals surface area contributed by atoms with Crippen LogP contribution in [0.4, 0.5) is 0 Å². The number of rotatable bonds is 4. The molecule has 96 valence electrons. The topological polar surface area (TPSA) is 42.0 Å². The van der Waals surface area contributed by atoms with Crippen LogP contribution in [0.2, 0.25) is 5.02 Å². The van der Waals surface area contributed by atoms with Crippen LogP contribution in [0.15, 0.2) is 54.9 Å². The molecule has 19 heavy (non-hydrogen) atoms. The molecule has 0 unspecified atom stereocenters. The fraction of sp³-hybridized carbons (Fsp3) is 0.0667. The summed E-state index contributed by atoms with van der Waals surface area (Å²) in [6.07, 6.45) is 6.67. The zero-order valence-corrected chi connectivity index (χ0v) is 11.0. The van der Waals surface area contributed by atoms with Gasteiger partial charge in [0.05, 0.1) is 0 Å². The summed E-state index contributed by atoms with van der Waals surface area (Å²) < 4.78 is 0. The molecule has 0 radical (unpaired) electrons. The smallest absolute Gasteiger partial charge is 0.244 e. The van der Waals surface area contributed by atoms with Crippen molar-refractivity contribution >= 4 is 23.6 Å². The Balaban J connectivity index is 1.86. The van der Waals surface area contributed by atoms with Crippen LogP contribution in [0.3, 0.4) is 0 Å². The van der Waals surface area contributed by atoms with E-state index in [9.17, 15) is 4.79 Å². The van der Waals surface area contributed by atoms with Gasteiger partial charge in [0.2, 0.25) is 5.91 Å². The van der Waals surface area contributed by atoms with E-state index in [-0.39, 0.29) is 5.91 Å². The van der Waals surface area contributed by atoms with Crippen LogP contribution >= 0.6 is 11.6 Å². The highest BCUT2D eigenvalue weighted by molar-refractivity contribution is 6.30. The highest BCUT2D eigenvalue weighted by Gasteiger charge is 1.96. The van der Waals surface area contributed by atoms with Gasteiger partial charge in [0.1, 0.15) is 0 Å². The second-order valence-corrected chi connectivity index (χ2v) is 4.40. The van der Waals surface area contributed by atoms with E-state index in [0.29, 0.717) is 11.6 Å². The minimum Gasteiger partial charge on any atom is -0.348 e. The second kappa shape index (κ2) is 6.71. The first kappa shape index (κ1) is 13.3. The van der Waals surface area contributed by atoms with Crippen LogP contribution in [-0.2, 0) is 11.3 Å². The van der Waals surface area contributed by atoms with Crippen LogP contribution in [0, 0.1) is 0 Å². The average molecular weight is 273 g/mol. The molecule has 1 heterocycles. The van der Waals surface area contributed by atoms with E-state index < -0.39 is 0 Å². The molecule has 0 spiro atoms. The zero-order chi connectivity index (χ0) is 13.5. The molecule has 0 saturated heterocycles. The molecule has 0 bridgehead atoms. The fourth-order valence-corrected chi connectivity index (χ4v) is 1.62. The van der Waals surface area contributed by atoms with Gasteiger partial charge in [0, 0.05) is 30.0 Å². The van der Waals surface area contributed by atoms with Gasteiger partial charge in [-0.1, -0.05) is 29.8 Å². The quantitative estimate of drug-likeness (QED) is 0.869. The fourth-order valence-electron chi connectivity index (χ4n) is 1.50. The lowest BCUT2D eigenvalue weighted by atomic mass is 10.2. The van der Waals surface area contributed by atoms with Gasteiger partial charge >= 0.3 is 0 Å². The Morgan fingerprint density at radius 1 is 1.26 bits per heavy atom. The Kier molecular flexibility index (Phi) is 4.70. The highest BCUT2D eigenvalue weighted by Crippen LogP contribution is 2.10. The Morgan fingerprint density at radius 3 is 2.74 bits per heavy atom. The first-order valence-electron chi connectivity index (χ1n) is 5.84. The molecule has 0 aliphatic rings. The van der Waals surface area contributed by atoms with Crippen LogP contribution < -0.4 is 5.32 Å². The Hall–Kier alpha value is -2.13. The molecule has 1 aromatic carbocycles. The van der Waals surface area contributed by atoms with Crippen molar-refractivity contribution in [3.05, 3.63) is 71.0 Å². The molecular weight excluding hydrogens is 260 g/mol. The number of aromatic nitrogens is 1. The molecule has 2 aromatic rings. The van der Waals surface area contributed by atoms with Crippen LogP contribution in [0.5, 0.6) is 0 Å². The van der Waals surface area contributed by atoms with Crippen molar-refractivity contribution in [2.75, 3.05) is 0 Å². The Labute approximate surface area is 116 Å². The van der Waals surface area contributed by atoms with Gasteiger partial charge < -0.3 is 5.32 Å². The molecule has 0 aliphatic heterocycles. The first-order valence-corrected chi connectivity index (χ1v) is 6.22. The van der Waals surface area contributed by atoms with Crippen molar-refractivity contribution in [2.24, 2.45) is 0 Å². The summed E-state index contributed by atoms with van der Waals surface area (Å²) >= 11 is 5.78. The van der Waals surface area contributed by atoms with E-state index >= 15 is 0 Å². The predicted molar refractivity (Wildman–Crippen MR) is 76.6 cm³/mol. The summed E-state index contributed by atoms with van der Waals surface area (Å²) in [4.78, 5) is 15.6. The van der Waals surface area contributed by atoms with Crippen molar-refractivity contribution in [3.8, 4) is 0 Å². The number of benzene rings is 1. The summed E-state index contributed by atoms with van der Waals surface area (Å²) in [6.45, 7) is 0.470. The Morgan fingerprint density at radius 2 is 2.05 bits per heavy atom. The van der Waals surface area contributed by atoms with E-state index in [1.807, 2.05) is 24.3 Å². The third-order valence-corrected chi connectivity index (χ3v) is 2.74. The molecular formula is C15H13ClN2O. The summed E-state index contributed by atoms with van der Waals surface area (Å²) in [5, 5.41) is 3.47. The van der Waals surface area contributed by atoms with E-state index in [1.54, 1.807) is 30.6 Å². The van der Waals surface area contributed by atoms with Crippen molar-refractivity contribution in [2.45, 2.75) is 6.54 Å². The SMILES string of the molecule is O=C(/C=C\c1ccc(Cl)cc1)NCc1cccnc1. The molecule has 1 N–H and O–H groups in total. The zero-order valence-electron chi connectivity index (χ0n) is 10.2. The van der Waals surface area contributed by atoms with Crippen LogP contribution in [-0.4, -0.2) is 10.9 Å². The van der Waals surface area contributed by atoms with Gasteiger partial charge in [-0.2, -0.15) is 0 Å². The average Bonchev–Trinajstić information content (AvgIpc) is 2.45. The van der Waals surface area contributed by atoms with E-state index in [1.165, 1.54) is 6.08 Å². The van der Waals surface area contributed by atoms with Gasteiger partial charge in [0.15, 0.2) is 0 Å². The standard InChI is InChI=1S/C15H13ClN2O/c16-14-6-3-12(4-7-14)5-8-15(19)18-11-13-2-1-9-17-10-13/h1-10H,11H2,(H,18,19)/b8-5-. The minimum absolute atomic E-state index is 0.140. The summed E-state index contributed by atoms with van der Waals surface area (Å²) in [6, 6.07) is 11.0. The summed E-state index contributed by atoms with van der Waals surface area (Å²) in [7, 11) is 0. The molecule has 0 aliphatic carbocycles. The van der Waals surface area contributed by atoms with Crippen molar-refractivity contribution in [3.63, 3.8) is 0 Å². The predicted octanol–water partition coefficient (Wildman–Crippen LogP) is 3.06. The summed E-state index contributed by atoms with van der Waals surface area (Å²) in [5.41, 5.74) is 1.90. The number of hydrogen-bond acceptors (Lipinski definition) is 2. The summed E-state index contributed by atoms with van der Waals surface area (Å²) in [5.74, 6) is -0.140. The largest absolute Gasteiger partial charge is 0.348 e. The number of nitrogens with one attached hydrogen (secondary N) is 1. The maximum atomic E-state index is 11.6. The second-order valence-electron chi connectivity index (χ2n) is 3.96. The number of hydrogen-bond donors (Lipinski definition) is 1. The monoisotopic (exact) mass is 272 g/mol. The number of amides is 1. The van der Waals surface area contributed by atoms with Gasteiger partial charge in [0.25, 0.3) is 0 Å². The van der Waals surface area contributed by atoms with E-state index in [2.05, 4.69) is 10.3 Å². The van der Waals surface area contributed by atoms with Gasteiger partial charge in [-0.15, -0.1) is 0 Å². The maximum absolute atomic E-state index is 11.6. The van der Waals surface area contributed by atoms with Gasteiger partial charge in [-0.25, -0.2) is 0 Å². The van der Waals surface area contributed by atoms with Gasteiger partial charge in [-0.3, -0.25) is 9.78 Å². The molecule has 3 nitrogen and oxygen atoms in total. The highest BCUT2D eigenvalue weighted by atomic mass is 35.5. The first-order chi connectivity index (χ1) is 9.24. The lowest BCUT2D eigenvalue weighted by Gasteiger charge is -2.01. The van der Waals surface area contributed by atoms with E-state index in [0.717, 1.165) is 11.1 Å². The molecule has 0 fully saturated rings. The maximum Gasteiger partial charge on any atom is 0.244 e. The van der Waals surface area contributed by atoms with Crippen LogP contribution in [0.1, 0.15) is 11.1 Å².